The second-order valence-corrected chi connectivity index (χ2v) is 6.71. The topological polar surface area (TPSA) is 56.8 Å². The summed E-state index contributed by atoms with van der Waals surface area (Å²) in [7, 11) is 0. The van der Waals surface area contributed by atoms with Gasteiger partial charge in [0.15, 0.2) is 0 Å². The van der Waals surface area contributed by atoms with E-state index in [2.05, 4.69) is 12.2 Å². The lowest BCUT2D eigenvalue weighted by Crippen LogP contribution is -2.11. The Labute approximate surface area is 177 Å². The number of rotatable bonds is 10. The smallest absolute Gasteiger partial charge is 0.255 e. The number of nitrogens with one attached hydrogen (secondary N) is 1. The fourth-order valence-electron chi connectivity index (χ4n) is 2.75. The lowest BCUT2D eigenvalue weighted by molar-refractivity contribution is 0.102. The van der Waals surface area contributed by atoms with Gasteiger partial charge in [-0.1, -0.05) is 13.3 Å². The molecule has 3 aromatic carbocycles. The van der Waals surface area contributed by atoms with Gasteiger partial charge in [-0.25, -0.2) is 0 Å². The van der Waals surface area contributed by atoms with Gasteiger partial charge in [-0.2, -0.15) is 0 Å². The Morgan fingerprint density at radius 1 is 0.733 bits per heavy atom. The number of hydrogen-bond donors (Lipinski definition) is 1. The van der Waals surface area contributed by atoms with Crippen LogP contribution in [0.5, 0.6) is 23.0 Å². The summed E-state index contributed by atoms with van der Waals surface area (Å²) < 4.78 is 16.9. The number of anilines is 1. The molecule has 0 saturated heterocycles. The third kappa shape index (κ3) is 6.27. The maximum Gasteiger partial charge on any atom is 0.255 e. The summed E-state index contributed by atoms with van der Waals surface area (Å²) in [5.41, 5.74) is 1.27. The van der Waals surface area contributed by atoms with Crippen LogP contribution in [0.4, 0.5) is 5.69 Å². The lowest BCUT2D eigenvalue weighted by atomic mass is 10.2. The van der Waals surface area contributed by atoms with Crippen LogP contribution in [-0.4, -0.2) is 19.1 Å². The van der Waals surface area contributed by atoms with E-state index >= 15 is 0 Å². The molecule has 0 unspecified atom stereocenters. The minimum Gasteiger partial charge on any atom is -0.494 e. The number of carbonyl (C=O) groups excluding carboxylic acids is 1. The normalized spacial score (nSPS) is 10.3. The Morgan fingerprint density at radius 3 is 1.87 bits per heavy atom. The third-order valence-corrected chi connectivity index (χ3v) is 4.37. The highest BCUT2D eigenvalue weighted by Gasteiger charge is 2.07. The van der Waals surface area contributed by atoms with Gasteiger partial charge >= 0.3 is 0 Å². The molecule has 0 spiro atoms. The fourth-order valence-corrected chi connectivity index (χ4v) is 2.75. The zero-order chi connectivity index (χ0) is 21.2. The Morgan fingerprint density at radius 2 is 1.27 bits per heavy atom. The summed E-state index contributed by atoms with van der Waals surface area (Å²) in [5, 5.41) is 2.89. The number of amides is 1. The molecule has 0 heterocycles. The summed E-state index contributed by atoms with van der Waals surface area (Å²) in [6.45, 7) is 5.38. The van der Waals surface area contributed by atoms with Crippen molar-refractivity contribution in [2.24, 2.45) is 0 Å². The number of carbonyl (C=O) groups is 1. The van der Waals surface area contributed by atoms with Gasteiger partial charge in [0.2, 0.25) is 0 Å². The van der Waals surface area contributed by atoms with Crippen LogP contribution in [0, 0.1) is 0 Å². The molecule has 0 atom stereocenters. The van der Waals surface area contributed by atoms with Crippen LogP contribution >= 0.6 is 0 Å². The van der Waals surface area contributed by atoms with Crippen molar-refractivity contribution in [1.29, 1.82) is 0 Å². The Kier molecular flexibility index (Phi) is 7.72. The molecule has 1 N–H and O–H groups in total. The molecule has 0 aliphatic carbocycles. The van der Waals surface area contributed by atoms with E-state index in [0.29, 0.717) is 30.2 Å². The monoisotopic (exact) mass is 405 g/mol. The van der Waals surface area contributed by atoms with Crippen molar-refractivity contribution in [3.05, 3.63) is 78.4 Å². The van der Waals surface area contributed by atoms with Crippen LogP contribution in [0.2, 0.25) is 0 Å². The van der Waals surface area contributed by atoms with E-state index in [-0.39, 0.29) is 5.91 Å². The summed E-state index contributed by atoms with van der Waals surface area (Å²) in [6.07, 6.45) is 2.10. The SMILES string of the molecule is CCCCOc1ccc(C(=O)Nc2ccc(Oc3ccc(OCC)cc3)cc2)cc1. The fraction of sp³-hybridized carbons (Fsp3) is 0.240. The zero-order valence-corrected chi connectivity index (χ0v) is 17.4. The quantitative estimate of drug-likeness (QED) is 0.402. The van der Waals surface area contributed by atoms with E-state index < -0.39 is 0 Å². The van der Waals surface area contributed by atoms with Gasteiger partial charge in [-0.15, -0.1) is 0 Å². The summed E-state index contributed by atoms with van der Waals surface area (Å²) in [5.74, 6) is 2.82. The number of ether oxygens (including phenoxy) is 3. The second kappa shape index (κ2) is 10.9. The molecule has 5 nitrogen and oxygen atoms in total. The van der Waals surface area contributed by atoms with Crippen LogP contribution in [0.1, 0.15) is 37.0 Å². The van der Waals surface area contributed by atoms with Crippen LogP contribution < -0.4 is 19.5 Å². The highest BCUT2D eigenvalue weighted by Crippen LogP contribution is 2.25. The van der Waals surface area contributed by atoms with Crippen molar-refractivity contribution in [2.75, 3.05) is 18.5 Å². The van der Waals surface area contributed by atoms with E-state index in [4.69, 9.17) is 14.2 Å². The first-order chi connectivity index (χ1) is 14.7. The summed E-state index contributed by atoms with van der Waals surface area (Å²) in [6, 6.07) is 21.9. The largest absolute Gasteiger partial charge is 0.494 e. The maximum atomic E-state index is 12.5. The van der Waals surface area contributed by atoms with E-state index in [1.54, 1.807) is 12.1 Å². The van der Waals surface area contributed by atoms with Crippen molar-refractivity contribution in [3.8, 4) is 23.0 Å². The molecule has 0 aliphatic heterocycles. The van der Waals surface area contributed by atoms with Crippen molar-refractivity contribution >= 4 is 11.6 Å². The highest BCUT2D eigenvalue weighted by atomic mass is 16.5. The van der Waals surface area contributed by atoms with Gasteiger partial charge in [0.25, 0.3) is 5.91 Å². The molecule has 0 radical (unpaired) electrons. The van der Waals surface area contributed by atoms with Gasteiger partial charge in [-0.05, 0) is 86.1 Å². The number of hydrogen-bond acceptors (Lipinski definition) is 4. The third-order valence-electron chi connectivity index (χ3n) is 4.37. The molecule has 3 rings (SSSR count). The van der Waals surface area contributed by atoms with E-state index in [1.165, 1.54) is 0 Å². The predicted molar refractivity (Wildman–Crippen MR) is 119 cm³/mol. The molecular formula is C25H27NO4. The molecule has 0 aliphatic rings. The molecule has 0 bridgehead atoms. The van der Waals surface area contributed by atoms with Crippen LogP contribution in [0.15, 0.2) is 72.8 Å². The molecule has 30 heavy (non-hydrogen) atoms. The Balaban J connectivity index is 1.53. The van der Waals surface area contributed by atoms with Gasteiger partial charge in [0.1, 0.15) is 23.0 Å². The van der Waals surface area contributed by atoms with Crippen molar-refractivity contribution in [2.45, 2.75) is 26.7 Å². The Bertz CT molecular complexity index is 919. The number of benzene rings is 3. The Hall–Kier alpha value is -3.47. The number of unbranched alkanes of at least 4 members (excludes halogenated alkanes) is 1. The molecule has 156 valence electrons. The first-order valence-corrected chi connectivity index (χ1v) is 10.2. The lowest BCUT2D eigenvalue weighted by Gasteiger charge is -2.10. The van der Waals surface area contributed by atoms with Gasteiger partial charge in [0, 0.05) is 11.3 Å². The van der Waals surface area contributed by atoms with Crippen molar-refractivity contribution in [3.63, 3.8) is 0 Å². The average Bonchev–Trinajstić information content (AvgIpc) is 2.77. The molecule has 0 aromatic heterocycles. The first kappa shape index (κ1) is 21.2. The molecule has 0 fully saturated rings. The first-order valence-electron chi connectivity index (χ1n) is 10.2. The predicted octanol–water partition coefficient (Wildman–Crippen LogP) is 6.31. The molecule has 1 amide bonds. The molecule has 0 saturated carbocycles. The van der Waals surface area contributed by atoms with Crippen LogP contribution in [0.25, 0.3) is 0 Å². The maximum absolute atomic E-state index is 12.5. The second-order valence-electron chi connectivity index (χ2n) is 6.71. The molecule has 5 heteroatoms. The van der Waals surface area contributed by atoms with E-state index in [9.17, 15) is 4.79 Å². The van der Waals surface area contributed by atoms with Gasteiger partial charge in [-0.3, -0.25) is 4.79 Å². The van der Waals surface area contributed by atoms with Crippen LogP contribution in [0.3, 0.4) is 0 Å². The highest BCUT2D eigenvalue weighted by molar-refractivity contribution is 6.04. The minimum absolute atomic E-state index is 0.171. The molecule has 3 aromatic rings. The summed E-state index contributed by atoms with van der Waals surface area (Å²) >= 11 is 0. The molecular weight excluding hydrogens is 378 g/mol. The van der Waals surface area contributed by atoms with Gasteiger partial charge < -0.3 is 19.5 Å². The van der Waals surface area contributed by atoms with Crippen LogP contribution in [-0.2, 0) is 0 Å². The summed E-state index contributed by atoms with van der Waals surface area (Å²) in [4.78, 5) is 12.5. The minimum atomic E-state index is -0.171. The average molecular weight is 405 g/mol. The standard InChI is InChI=1S/C25H27NO4/c1-3-5-18-29-22-10-6-19(7-11-22)25(27)26-20-8-12-23(13-9-20)30-24-16-14-21(15-17-24)28-4-2/h6-17H,3-5,18H2,1-2H3,(H,26,27). The zero-order valence-electron chi connectivity index (χ0n) is 17.4. The van der Waals surface area contributed by atoms with Gasteiger partial charge in [0.05, 0.1) is 13.2 Å². The van der Waals surface area contributed by atoms with E-state index in [0.717, 1.165) is 30.1 Å². The van der Waals surface area contributed by atoms with E-state index in [1.807, 2.05) is 67.6 Å². The van der Waals surface area contributed by atoms with Crippen molar-refractivity contribution < 1.29 is 19.0 Å². The van der Waals surface area contributed by atoms with Crippen molar-refractivity contribution in [1.82, 2.24) is 0 Å².